The van der Waals surface area contributed by atoms with Gasteiger partial charge in [0.2, 0.25) is 12.7 Å². The second kappa shape index (κ2) is 7.70. The molecule has 3 rings (SSSR count). The lowest BCUT2D eigenvalue weighted by atomic mass is 10.1. The smallest absolute Gasteiger partial charge is 0.231 e. The van der Waals surface area contributed by atoms with Crippen LogP contribution in [0.4, 0.5) is 5.69 Å². The second-order valence-corrected chi connectivity index (χ2v) is 5.62. The van der Waals surface area contributed by atoms with Gasteiger partial charge < -0.3 is 19.5 Å². The van der Waals surface area contributed by atoms with Crippen LogP contribution in [0.2, 0.25) is 0 Å². The van der Waals surface area contributed by atoms with Gasteiger partial charge in [-0.25, -0.2) is 0 Å². The van der Waals surface area contributed by atoms with Crippen LogP contribution < -0.4 is 19.5 Å². The monoisotopic (exact) mass is 341 g/mol. The molecular formula is C19H19NO5. The van der Waals surface area contributed by atoms with Crippen LogP contribution in [0.1, 0.15) is 29.6 Å². The van der Waals surface area contributed by atoms with Crippen LogP contribution in [0.15, 0.2) is 42.5 Å². The number of fused-ring (bicyclic) bond motifs is 1. The van der Waals surface area contributed by atoms with E-state index in [9.17, 15) is 9.59 Å². The first-order valence-corrected chi connectivity index (χ1v) is 8.02. The molecule has 0 fully saturated rings. The van der Waals surface area contributed by atoms with Gasteiger partial charge >= 0.3 is 0 Å². The van der Waals surface area contributed by atoms with Gasteiger partial charge in [-0.2, -0.15) is 0 Å². The van der Waals surface area contributed by atoms with Crippen molar-refractivity contribution in [3.63, 3.8) is 0 Å². The Balaban J connectivity index is 1.45. The maximum Gasteiger partial charge on any atom is 0.231 e. The summed E-state index contributed by atoms with van der Waals surface area (Å²) >= 11 is 0. The highest BCUT2D eigenvalue weighted by Crippen LogP contribution is 2.34. The Bertz CT molecular complexity index is 770. The van der Waals surface area contributed by atoms with Gasteiger partial charge in [-0.3, -0.25) is 9.59 Å². The number of ketones is 1. The summed E-state index contributed by atoms with van der Waals surface area (Å²) in [5.74, 6) is 1.87. The molecule has 0 bridgehead atoms. The summed E-state index contributed by atoms with van der Waals surface area (Å²) in [4.78, 5) is 24.1. The normalized spacial score (nSPS) is 11.9. The molecule has 0 saturated heterocycles. The first-order chi connectivity index (χ1) is 12.2. The molecule has 2 aromatic carbocycles. The Morgan fingerprint density at radius 3 is 2.56 bits per heavy atom. The van der Waals surface area contributed by atoms with Gasteiger partial charge in [0.05, 0.1) is 7.11 Å². The van der Waals surface area contributed by atoms with Crippen LogP contribution in [-0.4, -0.2) is 25.6 Å². The van der Waals surface area contributed by atoms with Crippen molar-refractivity contribution in [2.75, 3.05) is 19.2 Å². The summed E-state index contributed by atoms with van der Waals surface area (Å²) in [5, 5.41) is 2.80. The first kappa shape index (κ1) is 16.8. The van der Waals surface area contributed by atoms with Crippen molar-refractivity contribution in [2.45, 2.75) is 19.3 Å². The van der Waals surface area contributed by atoms with E-state index in [1.54, 1.807) is 49.6 Å². The summed E-state index contributed by atoms with van der Waals surface area (Å²) in [5.41, 5.74) is 1.27. The van der Waals surface area contributed by atoms with Gasteiger partial charge in [-0.05, 0) is 42.8 Å². The number of hydrogen-bond donors (Lipinski definition) is 1. The molecule has 25 heavy (non-hydrogen) atoms. The highest BCUT2D eigenvalue weighted by atomic mass is 16.7. The molecule has 0 spiro atoms. The Labute approximate surface area is 145 Å². The van der Waals surface area contributed by atoms with Crippen LogP contribution in [-0.2, 0) is 4.79 Å². The molecule has 6 nitrogen and oxygen atoms in total. The number of carbonyl (C=O) groups excluding carboxylic acids is 2. The number of Topliss-reactive ketones (excluding diaryl/α,β-unsaturated/α-hetero) is 1. The third-order valence-corrected chi connectivity index (χ3v) is 3.88. The molecule has 0 aliphatic carbocycles. The number of ether oxygens (including phenoxy) is 3. The maximum atomic E-state index is 12.1. The Morgan fingerprint density at radius 1 is 1.04 bits per heavy atom. The summed E-state index contributed by atoms with van der Waals surface area (Å²) in [6.45, 7) is 0.195. The summed E-state index contributed by atoms with van der Waals surface area (Å²) in [6.07, 6.45) is 1.08. The molecule has 0 atom stereocenters. The SMILES string of the molecule is COc1ccc(C(=O)CCCC(=O)Nc2ccc3c(c2)OCO3)cc1. The van der Waals surface area contributed by atoms with Crippen molar-refractivity contribution in [3.05, 3.63) is 48.0 Å². The van der Waals surface area contributed by atoms with E-state index in [0.717, 1.165) is 0 Å². The lowest BCUT2D eigenvalue weighted by Crippen LogP contribution is -2.12. The highest BCUT2D eigenvalue weighted by Gasteiger charge is 2.14. The first-order valence-electron chi connectivity index (χ1n) is 8.02. The minimum atomic E-state index is -0.138. The van der Waals surface area contributed by atoms with Crippen LogP contribution in [0.25, 0.3) is 0 Å². The van der Waals surface area contributed by atoms with E-state index in [1.807, 2.05) is 0 Å². The number of hydrogen-bond acceptors (Lipinski definition) is 5. The maximum absolute atomic E-state index is 12.1. The number of nitrogens with one attached hydrogen (secondary N) is 1. The van der Waals surface area contributed by atoms with Gasteiger partial charge in [0, 0.05) is 30.2 Å². The fraction of sp³-hybridized carbons (Fsp3) is 0.263. The van der Waals surface area contributed by atoms with E-state index in [0.29, 0.717) is 41.3 Å². The molecule has 0 saturated carbocycles. The predicted octanol–water partition coefficient (Wildman–Crippen LogP) is 3.42. The van der Waals surface area contributed by atoms with E-state index in [2.05, 4.69) is 5.32 Å². The third-order valence-electron chi connectivity index (χ3n) is 3.88. The Hall–Kier alpha value is -3.02. The molecule has 1 heterocycles. The van der Waals surface area contributed by atoms with Crippen LogP contribution in [0, 0.1) is 0 Å². The van der Waals surface area contributed by atoms with Gasteiger partial charge in [-0.1, -0.05) is 0 Å². The molecule has 0 unspecified atom stereocenters. The summed E-state index contributed by atoms with van der Waals surface area (Å²) < 4.78 is 15.6. The number of carbonyl (C=O) groups is 2. The molecule has 0 radical (unpaired) electrons. The number of amides is 1. The number of rotatable bonds is 7. The molecule has 1 N–H and O–H groups in total. The molecule has 130 valence electrons. The van der Waals surface area contributed by atoms with Gasteiger partial charge in [0.1, 0.15) is 5.75 Å². The Kier molecular flexibility index (Phi) is 5.18. The lowest BCUT2D eigenvalue weighted by molar-refractivity contribution is -0.116. The van der Waals surface area contributed by atoms with Crippen LogP contribution in [0.5, 0.6) is 17.2 Å². The zero-order valence-electron chi connectivity index (χ0n) is 13.9. The zero-order chi connectivity index (χ0) is 17.6. The molecule has 6 heteroatoms. The molecular weight excluding hydrogens is 322 g/mol. The molecule has 1 amide bonds. The summed E-state index contributed by atoms with van der Waals surface area (Å²) in [7, 11) is 1.58. The van der Waals surface area contributed by atoms with Crippen molar-refractivity contribution >= 4 is 17.4 Å². The average Bonchev–Trinajstić information content (AvgIpc) is 3.09. The van der Waals surface area contributed by atoms with E-state index < -0.39 is 0 Å². The number of methoxy groups -OCH3 is 1. The molecule has 2 aromatic rings. The van der Waals surface area contributed by atoms with Gasteiger partial charge in [0.15, 0.2) is 17.3 Å². The highest BCUT2D eigenvalue weighted by molar-refractivity contribution is 5.97. The average molecular weight is 341 g/mol. The van der Waals surface area contributed by atoms with Crippen LogP contribution >= 0.6 is 0 Å². The van der Waals surface area contributed by atoms with E-state index >= 15 is 0 Å². The van der Waals surface area contributed by atoms with E-state index in [-0.39, 0.29) is 24.9 Å². The molecule has 1 aliphatic rings. The largest absolute Gasteiger partial charge is 0.497 e. The molecule has 0 aromatic heterocycles. The van der Waals surface area contributed by atoms with Crippen molar-refractivity contribution in [1.82, 2.24) is 0 Å². The topological polar surface area (TPSA) is 73.9 Å². The predicted molar refractivity (Wildman–Crippen MR) is 92.4 cm³/mol. The van der Waals surface area contributed by atoms with Gasteiger partial charge in [-0.15, -0.1) is 0 Å². The number of anilines is 1. The standard InChI is InChI=1S/C19H19NO5/c1-23-15-8-5-13(6-9-15)16(21)3-2-4-19(22)20-14-7-10-17-18(11-14)25-12-24-17/h5-11H,2-4,12H2,1H3,(H,20,22). The fourth-order valence-corrected chi connectivity index (χ4v) is 2.53. The van der Waals surface area contributed by atoms with Crippen molar-refractivity contribution in [1.29, 1.82) is 0 Å². The quantitative estimate of drug-likeness (QED) is 0.781. The van der Waals surface area contributed by atoms with Crippen molar-refractivity contribution < 1.29 is 23.8 Å². The van der Waals surface area contributed by atoms with Crippen molar-refractivity contribution in [3.8, 4) is 17.2 Å². The van der Waals surface area contributed by atoms with Crippen molar-refractivity contribution in [2.24, 2.45) is 0 Å². The Morgan fingerprint density at radius 2 is 1.80 bits per heavy atom. The van der Waals surface area contributed by atoms with E-state index in [4.69, 9.17) is 14.2 Å². The number of benzene rings is 2. The van der Waals surface area contributed by atoms with E-state index in [1.165, 1.54) is 0 Å². The molecule has 1 aliphatic heterocycles. The van der Waals surface area contributed by atoms with Gasteiger partial charge in [0.25, 0.3) is 0 Å². The van der Waals surface area contributed by atoms with Crippen LogP contribution in [0.3, 0.4) is 0 Å². The lowest BCUT2D eigenvalue weighted by Gasteiger charge is -2.06. The zero-order valence-corrected chi connectivity index (χ0v) is 13.9. The minimum Gasteiger partial charge on any atom is -0.497 e. The minimum absolute atomic E-state index is 0.0125. The third kappa shape index (κ3) is 4.29. The second-order valence-electron chi connectivity index (χ2n) is 5.62. The summed E-state index contributed by atoms with van der Waals surface area (Å²) in [6, 6.07) is 12.2. The fourth-order valence-electron chi connectivity index (χ4n) is 2.53.